The van der Waals surface area contributed by atoms with E-state index < -0.39 is 47.4 Å². The molecule has 0 bridgehead atoms. The second kappa shape index (κ2) is 6.43. The Morgan fingerprint density at radius 1 is 0.833 bits per heavy atom. The predicted molar refractivity (Wildman–Crippen MR) is 78.6 cm³/mol. The third-order valence-electron chi connectivity index (χ3n) is 2.96. The van der Waals surface area contributed by atoms with Crippen molar-refractivity contribution in [3.63, 3.8) is 0 Å². The summed E-state index contributed by atoms with van der Waals surface area (Å²) >= 11 is 0. The summed E-state index contributed by atoms with van der Waals surface area (Å²) in [7, 11) is -4.04. The van der Waals surface area contributed by atoms with Crippen LogP contribution >= 0.6 is 0 Å². The molecule has 0 fully saturated rings. The van der Waals surface area contributed by atoms with Gasteiger partial charge in [-0.25, -0.2) is 25.4 Å². The Labute approximate surface area is 137 Å². The van der Waals surface area contributed by atoms with E-state index in [0.717, 1.165) is 28.2 Å². The van der Waals surface area contributed by atoms with Gasteiger partial charge in [-0.2, -0.15) is 13.2 Å². The molecule has 0 N–H and O–H groups in total. The molecule has 0 aromatic heterocycles. The van der Waals surface area contributed by atoms with Crippen molar-refractivity contribution in [2.75, 3.05) is 28.2 Å². The number of sulfonamides is 2. The summed E-state index contributed by atoms with van der Waals surface area (Å²) in [6.45, 7) is 0. The highest BCUT2D eigenvalue weighted by molar-refractivity contribution is 7.90. The standard InChI is InChI=1S/C12H15F3N2O5S2/c1-16(2)23(19,20)9-5-8(11(18)12(13,14)15)6-10(7-9)24(21,22)17(3)4/h5-7H,1-4H3. The molecule has 0 saturated carbocycles. The third kappa shape index (κ3) is 3.94. The highest BCUT2D eigenvalue weighted by Crippen LogP contribution is 2.27. The first-order valence-electron chi connectivity index (χ1n) is 6.23. The van der Waals surface area contributed by atoms with Crippen LogP contribution in [0.1, 0.15) is 10.4 Å². The summed E-state index contributed by atoms with van der Waals surface area (Å²) in [6.07, 6.45) is -5.28. The van der Waals surface area contributed by atoms with Crippen LogP contribution < -0.4 is 0 Å². The lowest BCUT2D eigenvalue weighted by Crippen LogP contribution is -2.27. The number of alkyl halides is 3. The zero-order valence-corrected chi connectivity index (χ0v) is 14.8. The molecule has 0 atom stereocenters. The minimum Gasteiger partial charge on any atom is -0.284 e. The van der Waals surface area contributed by atoms with E-state index in [1.807, 2.05) is 0 Å². The molecule has 12 heteroatoms. The van der Waals surface area contributed by atoms with Crippen LogP contribution in [0.15, 0.2) is 28.0 Å². The van der Waals surface area contributed by atoms with E-state index in [1.165, 1.54) is 0 Å². The fraction of sp³-hybridized carbons (Fsp3) is 0.417. The number of carbonyl (C=O) groups excluding carboxylic acids is 1. The monoisotopic (exact) mass is 388 g/mol. The Bertz CT molecular complexity index is 803. The summed E-state index contributed by atoms with van der Waals surface area (Å²) < 4.78 is 87.8. The molecule has 0 saturated heterocycles. The van der Waals surface area contributed by atoms with Crippen molar-refractivity contribution < 1.29 is 34.8 Å². The van der Waals surface area contributed by atoms with Gasteiger partial charge in [0.25, 0.3) is 5.78 Å². The number of hydrogen-bond donors (Lipinski definition) is 0. The van der Waals surface area contributed by atoms with E-state index in [0.29, 0.717) is 26.8 Å². The molecular formula is C12H15F3N2O5S2. The molecule has 0 aliphatic carbocycles. The van der Waals surface area contributed by atoms with Crippen molar-refractivity contribution in [1.29, 1.82) is 0 Å². The SMILES string of the molecule is CN(C)S(=O)(=O)c1cc(C(=O)C(F)(F)F)cc(S(=O)(=O)N(C)C)c1. The van der Waals surface area contributed by atoms with Crippen LogP contribution in [0.4, 0.5) is 13.2 Å². The van der Waals surface area contributed by atoms with Gasteiger partial charge < -0.3 is 0 Å². The minimum atomic E-state index is -5.28. The molecule has 0 radical (unpaired) electrons. The maximum absolute atomic E-state index is 12.6. The molecule has 7 nitrogen and oxygen atoms in total. The molecular weight excluding hydrogens is 373 g/mol. The van der Waals surface area contributed by atoms with Crippen LogP contribution in [-0.4, -0.2) is 65.6 Å². The van der Waals surface area contributed by atoms with E-state index in [-0.39, 0.29) is 0 Å². The number of Topliss-reactive ketones (excluding diaryl/α,β-unsaturated/α-hetero) is 1. The number of halogens is 3. The van der Waals surface area contributed by atoms with Gasteiger partial charge in [0.05, 0.1) is 9.79 Å². The van der Waals surface area contributed by atoms with Crippen LogP contribution in [0.25, 0.3) is 0 Å². The van der Waals surface area contributed by atoms with Gasteiger partial charge in [0.1, 0.15) is 0 Å². The predicted octanol–water partition coefficient (Wildman–Crippen LogP) is 0.932. The molecule has 0 unspecified atom stereocenters. The van der Waals surface area contributed by atoms with Crippen molar-refractivity contribution in [3.8, 4) is 0 Å². The molecule has 0 spiro atoms. The van der Waals surface area contributed by atoms with Crippen LogP contribution in [0.3, 0.4) is 0 Å². The number of nitrogens with zero attached hydrogens (tertiary/aromatic N) is 2. The van der Waals surface area contributed by atoms with Gasteiger partial charge in [-0.05, 0) is 18.2 Å². The smallest absolute Gasteiger partial charge is 0.284 e. The second-order valence-corrected chi connectivity index (χ2v) is 9.40. The second-order valence-electron chi connectivity index (χ2n) is 5.09. The van der Waals surface area contributed by atoms with Crippen LogP contribution in [-0.2, 0) is 20.0 Å². The molecule has 0 amide bonds. The summed E-state index contributed by atoms with van der Waals surface area (Å²) in [5, 5.41) is 0. The van der Waals surface area contributed by atoms with Crippen molar-refractivity contribution in [2.45, 2.75) is 16.0 Å². The average molecular weight is 388 g/mol. The molecule has 1 rings (SSSR count). The molecule has 24 heavy (non-hydrogen) atoms. The van der Waals surface area contributed by atoms with Crippen LogP contribution in [0, 0.1) is 0 Å². The highest BCUT2D eigenvalue weighted by atomic mass is 32.2. The zero-order valence-electron chi connectivity index (χ0n) is 13.1. The first-order valence-corrected chi connectivity index (χ1v) is 9.11. The minimum absolute atomic E-state index is 0.500. The maximum atomic E-state index is 12.6. The molecule has 1 aromatic rings. The number of hydrogen-bond acceptors (Lipinski definition) is 5. The summed E-state index contributed by atoms with van der Waals surface area (Å²) in [5.41, 5.74) is -1.08. The van der Waals surface area contributed by atoms with Gasteiger partial charge in [-0.1, -0.05) is 0 Å². The first kappa shape index (κ1) is 20.5. The Hall–Kier alpha value is -1.50. The van der Waals surface area contributed by atoms with E-state index in [9.17, 15) is 34.8 Å². The Morgan fingerprint density at radius 2 is 1.17 bits per heavy atom. The van der Waals surface area contributed by atoms with Crippen molar-refractivity contribution in [1.82, 2.24) is 8.61 Å². The van der Waals surface area contributed by atoms with Gasteiger partial charge >= 0.3 is 6.18 Å². The Balaban J connectivity index is 3.80. The lowest BCUT2D eigenvalue weighted by molar-refractivity contribution is -0.0885. The summed E-state index contributed by atoms with van der Waals surface area (Å²) in [6, 6.07) is 1.71. The fourth-order valence-corrected chi connectivity index (χ4v) is 3.61. The Morgan fingerprint density at radius 3 is 1.42 bits per heavy atom. The number of ketones is 1. The fourth-order valence-electron chi connectivity index (χ4n) is 1.59. The van der Waals surface area contributed by atoms with E-state index >= 15 is 0 Å². The lowest BCUT2D eigenvalue weighted by atomic mass is 10.1. The van der Waals surface area contributed by atoms with E-state index in [2.05, 4.69) is 0 Å². The van der Waals surface area contributed by atoms with E-state index in [1.54, 1.807) is 0 Å². The summed E-state index contributed by atoms with van der Waals surface area (Å²) in [4.78, 5) is 9.96. The van der Waals surface area contributed by atoms with Crippen molar-refractivity contribution >= 4 is 25.8 Å². The number of carbonyl (C=O) groups is 1. The number of rotatable bonds is 5. The number of benzene rings is 1. The lowest BCUT2D eigenvalue weighted by Gasteiger charge is -2.16. The van der Waals surface area contributed by atoms with Crippen molar-refractivity contribution in [3.05, 3.63) is 23.8 Å². The highest BCUT2D eigenvalue weighted by Gasteiger charge is 2.40. The third-order valence-corrected chi connectivity index (χ3v) is 6.54. The van der Waals surface area contributed by atoms with E-state index in [4.69, 9.17) is 0 Å². The molecule has 136 valence electrons. The molecule has 0 heterocycles. The van der Waals surface area contributed by atoms with Gasteiger partial charge in [-0.3, -0.25) is 4.79 Å². The van der Waals surface area contributed by atoms with Gasteiger partial charge in [0.2, 0.25) is 20.0 Å². The van der Waals surface area contributed by atoms with Gasteiger partial charge in [-0.15, -0.1) is 0 Å². The molecule has 0 aliphatic rings. The summed E-state index contributed by atoms with van der Waals surface area (Å²) in [5.74, 6) is -2.34. The zero-order chi connectivity index (χ0) is 19.1. The molecule has 0 aliphatic heterocycles. The Kier molecular flexibility index (Phi) is 5.50. The largest absolute Gasteiger partial charge is 0.454 e. The molecule has 1 aromatic carbocycles. The average Bonchev–Trinajstić information content (AvgIpc) is 2.44. The quantitative estimate of drug-likeness (QED) is 0.700. The topological polar surface area (TPSA) is 91.8 Å². The van der Waals surface area contributed by atoms with Gasteiger partial charge in [0.15, 0.2) is 0 Å². The van der Waals surface area contributed by atoms with Crippen LogP contribution in [0.5, 0.6) is 0 Å². The maximum Gasteiger partial charge on any atom is 0.454 e. The van der Waals surface area contributed by atoms with Crippen LogP contribution in [0.2, 0.25) is 0 Å². The first-order chi connectivity index (χ1) is 10.6. The van der Waals surface area contributed by atoms with Crippen molar-refractivity contribution in [2.24, 2.45) is 0 Å². The van der Waals surface area contributed by atoms with Gasteiger partial charge in [0, 0.05) is 33.8 Å². The normalized spacial score (nSPS) is 13.5.